The molecule has 0 aromatic heterocycles. The van der Waals surface area contributed by atoms with Gasteiger partial charge in [-0.05, 0) is 0 Å². The molecule has 0 aliphatic carbocycles. The highest BCUT2D eigenvalue weighted by Crippen LogP contribution is 2.07. The predicted octanol–water partition coefficient (Wildman–Crippen LogP) is -2.40. The maximum atomic E-state index is 10.7. The van der Waals surface area contributed by atoms with Crippen LogP contribution in [0.1, 0.15) is 0 Å². The van der Waals surface area contributed by atoms with Crippen molar-refractivity contribution in [3.8, 4) is 0 Å². The first-order chi connectivity index (χ1) is 5.83. The molecule has 0 amide bonds. The highest BCUT2D eigenvalue weighted by atomic mass is 32.2. The molecule has 1 heterocycles. The van der Waals surface area contributed by atoms with E-state index in [-0.39, 0.29) is 0 Å². The molecule has 0 radical (unpaired) electrons. The van der Waals surface area contributed by atoms with Gasteiger partial charge in [0, 0.05) is 0 Å². The third-order valence-corrected chi connectivity index (χ3v) is 2.05. The largest absolute Gasteiger partial charge is 0.379 e. The van der Waals surface area contributed by atoms with Crippen LogP contribution in [-0.4, -0.2) is 19.2 Å². The van der Waals surface area contributed by atoms with Crippen LogP contribution < -0.4 is 16.2 Å². The van der Waals surface area contributed by atoms with Gasteiger partial charge in [0.2, 0.25) is 5.84 Å². The van der Waals surface area contributed by atoms with Crippen LogP contribution in [0.3, 0.4) is 0 Å². The minimum Gasteiger partial charge on any atom is -0.379 e. The lowest BCUT2D eigenvalue weighted by molar-refractivity contribution is -0.416. The van der Waals surface area contributed by atoms with Crippen molar-refractivity contribution >= 4 is 16.0 Å². The Kier molecular flexibility index (Phi) is 1.84. The third-order valence-electron chi connectivity index (χ3n) is 1.14. The summed E-state index contributed by atoms with van der Waals surface area (Å²) in [6, 6.07) is 0. The van der Waals surface area contributed by atoms with Gasteiger partial charge in [-0.1, -0.05) is 0 Å². The maximum Gasteiger partial charge on any atom is 0.352 e. The molecule has 0 unspecified atom stereocenters. The van der Waals surface area contributed by atoms with Crippen LogP contribution in [0.15, 0.2) is 15.9 Å². The Morgan fingerprint density at radius 3 is 2.38 bits per heavy atom. The molecular weight excluding hydrogens is 202 g/mol. The quantitative estimate of drug-likeness (QED) is 0.321. The number of nitrogens with two attached hydrogens (primary N) is 2. The number of nitrogens with one attached hydrogen (secondary N) is 1. The van der Waals surface area contributed by atoms with Gasteiger partial charge < -0.3 is 11.5 Å². The van der Waals surface area contributed by atoms with Crippen LogP contribution in [0.4, 0.5) is 0 Å². The summed E-state index contributed by atoms with van der Waals surface area (Å²) in [5.74, 6) is -1.38. The smallest absolute Gasteiger partial charge is 0.352 e. The van der Waals surface area contributed by atoms with Gasteiger partial charge in [-0.25, -0.2) is 4.72 Å². The third kappa shape index (κ3) is 1.66. The molecule has 5 N–H and O–H groups in total. The topological polar surface area (TPSA) is 154 Å². The van der Waals surface area contributed by atoms with Crippen molar-refractivity contribution in [1.82, 2.24) is 4.72 Å². The van der Waals surface area contributed by atoms with E-state index in [1.54, 1.807) is 4.72 Å². The normalized spacial score (nSPS) is 20.5. The van der Waals surface area contributed by atoms with Gasteiger partial charge in [0.15, 0.2) is 5.82 Å². The highest BCUT2D eigenvalue weighted by Gasteiger charge is 2.30. The van der Waals surface area contributed by atoms with E-state index in [4.69, 9.17) is 11.5 Å². The van der Waals surface area contributed by atoms with Crippen LogP contribution in [0.25, 0.3) is 0 Å². The van der Waals surface area contributed by atoms with Gasteiger partial charge in [-0.3, -0.25) is 10.1 Å². The minimum absolute atomic E-state index is 0.641. The van der Waals surface area contributed by atoms with E-state index in [2.05, 4.69) is 4.40 Å². The fraction of sp³-hybridized carbons (Fsp3) is 0. The number of hydrogen-bond acceptors (Lipinski definition) is 6. The summed E-state index contributed by atoms with van der Waals surface area (Å²) < 4.78 is 25.9. The molecule has 0 saturated heterocycles. The molecule has 0 aromatic carbocycles. The number of hydrogen-bond donors (Lipinski definition) is 3. The van der Waals surface area contributed by atoms with Crippen molar-refractivity contribution in [1.29, 1.82) is 0 Å². The molecule has 72 valence electrons. The summed E-state index contributed by atoms with van der Waals surface area (Å²) in [7, 11) is -4.02. The molecule has 13 heavy (non-hydrogen) atoms. The summed E-state index contributed by atoms with van der Waals surface area (Å²) in [5, 5.41) is 10.3. The first kappa shape index (κ1) is 9.25. The Labute approximate surface area is 72.4 Å². The predicted molar refractivity (Wildman–Crippen MR) is 41.9 cm³/mol. The molecule has 0 atom stereocenters. The van der Waals surface area contributed by atoms with Gasteiger partial charge in [-0.15, -0.1) is 4.40 Å². The van der Waals surface area contributed by atoms with Crippen LogP contribution in [0.5, 0.6) is 0 Å². The van der Waals surface area contributed by atoms with E-state index in [1.807, 2.05) is 0 Å². The van der Waals surface area contributed by atoms with Gasteiger partial charge in [-0.2, -0.15) is 8.42 Å². The fourth-order valence-electron chi connectivity index (χ4n) is 0.713. The summed E-state index contributed by atoms with van der Waals surface area (Å²) in [4.78, 5) is 9.34. The average Bonchev–Trinajstić information content (AvgIpc) is 1.78. The molecule has 1 rings (SSSR count). The molecule has 1 aliphatic rings. The number of amidine groups is 1. The van der Waals surface area contributed by atoms with Gasteiger partial charge in [0.05, 0.1) is 4.92 Å². The SMILES string of the molecule is NC1=NS(=O)(=O)NC(N)=C1[N+](=O)[O-]. The lowest BCUT2D eigenvalue weighted by atomic mass is 10.4. The zero-order valence-corrected chi connectivity index (χ0v) is 6.91. The molecule has 0 spiro atoms. The Hall–Kier alpha value is -1.84. The van der Waals surface area contributed by atoms with Gasteiger partial charge >= 0.3 is 15.9 Å². The average molecular weight is 207 g/mol. The second-order valence-corrected chi connectivity index (χ2v) is 3.41. The lowest BCUT2D eigenvalue weighted by Gasteiger charge is -2.09. The first-order valence-corrected chi connectivity index (χ1v) is 4.30. The first-order valence-electron chi connectivity index (χ1n) is 2.86. The zero-order chi connectivity index (χ0) is 10.2. The van der Waals surface area contributed by atoms with E-state index < -0.39 is 32.5 Å². The van der Waals surface area contributed by atoms with Crippen molar-refractivity contribution in [2.75, 3.05) is 0 Å². The highest BCUT2D eigenvalue weighted by molar-refractivity contribution is 7.88. The van der Waals surface area contributed by atoms with Crippen LogP contribution in [-0.2, 0) is 10.2 Å². The fourth-order valence-corrected chi connectivity index (χ4v) is 1.48. The monoisotopic (exact) mass is 207 g/mol. The Bertz CT molecular complexity index is 419. The number of nitro groups is 1. The Morgan fingerprint density at radius 1 is 1.46 bits per heavy atom. The van der Waals surface area contributed by atoms with E-state index in [0.717, 1.165) is 0 Å². The van der Waals surface area contributed by atoms with Crippen molar-refractivity contribution < 1.29 is 13.3 Å². The molecular formula is C3H5N5O4S. The number of nitrogens with zero attached hydrogens (tertiary/aromatic N) is 2. The zero-order valence-electron chi connectivity index (χ0n) is 6.09. The van der Waals surface area contributed by atoms with E-state index in [9.17, 15) is 18.5 Å². The van der Waals surface area contributed by atoms with Crippen molar-refractivity contribution in [2.45, 2.75) is 0 Å². The van der Waals surface area contributed by atoms with Crippen LogP contribution in [0.2, 0.25) is 0 Å². The lowest BCUT2D eigenvalue weighted by Crippen LogP contribution is -2.39. The Balaban J connectivity index is 3.29. The molecule has 0 bridgehead atoms. The standard InChI is InChI=1S/C3H5N5O4S/c4-2-1(8(9)10)3(5)7-13(11,12)6-2/h6H,4H2,(H2,5,7). The summed E-state index contributed by atoms with van der Waals surface area (Å²) >= 11 is 0. The summed E-state index contributed by atoms with van der Waals surface area (Å²) in [6.07, 6.45) is 0. The second kappa shape index (κ2) is 2.58. The van der Waals surface area contributed by atoms with E-state index >= 15 is 0 Å². The second-order valence-electron chi connectivity index (χ2n) is 2.07. The van der Waals surface area contributed by atoms with Gasteiger partial charge in [0.25, 0.3) is 0 Å². The van der Waals surface area contributed by atoms with Crippen LogP contribution >= 0.6 is 0 Å². The molecule has 1 aliphatic heterocycles. The Morgan fingerprint density at radius 2 is 2.00 bits per heavy atom. The van der Waals surface area contributed by atoms with E-state index in [1.165, 1.54) is 0 Å². The molecule has 9 nitrogen and oxygen atoms in total. The minimum atomic E-state index is -4.02. The van der Waals surface area contributed by atoms with Crippen molar-refractivity contribution in [2.24, 2.45) is 15.9 Å². The van der Waals surface area contributed by atoms with Gasteiger partial charge in [0.1, 0.15) is 0 Å². The van der Waals surface area contributed by atoms with Crippen LogP contribution in [0, 0.1) is 10.1 Å². The van der Waals surface area contributed by atoms with E-state index in [0.29, 0.717) is 0 Å². The van der Waals surface area contributed by atoms with Crippen molar-refractivity contribution in [3.63, 3.8) is 0 Å². The molecule has 0 saturated carbocycles. The maximum absolute atomic E-state index is 10.7. The molecule has 0 fully saturated rings. The summed E-state index contributed by atoms with van der Waals surface area (Å²) in [6.45, 7) is 0. The molecule has 0 aromatic rings. The number of rotatable bonds is 1. The summed E-state index contributed by atoms with van der Waals surface area (Å²) in [5.41, 5.74) is 9.29. The molecule has 10 heteroatoms. The van der Waals surface area contributed by atoms with Crippen molar-refractivity contribution in [3.05, 3.63) is 21.6 Å².